The van der Waals surface area contributed by atoms with Crippen molar-refractivity contribution >= 4 is 48.0 Å². The molecule has 0 bridgehead atoms. The van der Waals surface area contributed by atoms with Gasteiger partial charge < -0.3 is 5.11 Å². The van der Waals surface area contributed by atoms with Gasteiger partial charge >= 0.3 is 5.97 Å². The number of carbonyl (C=O) groups is 1. The van der Waals surface area contributed by atoms with E-state index in [9.17, 15) is 26.7 Å². The van der Waals surface area contributed by atoms with Crippen LogP contribution in [-0.4, -0.2) is 40.5 Å². The summed E-state index contributed by atoms with van der Waals surface area (Å²) in [5.74, 6) is -1.30. The topological polar surface area (TPSA) is 130 Å². The number of halogens is 1. The third-order valence-corrected chi connectivity index (χ3v) is 8.52. The molecule has 1 atom stereocenters. The second-order valence-electron chi connectivity index (χ2n) is 8.19. The number of rotatable bonds is 13. The van der Waals surface area contributed by atoms with Gasteiger partial charge in [-0.05, 0) is 66.3 Å². The summed E-state index contributed by atoms with van der Waals surface area (Å²) in [6.45, 7) is 0.0953. The molecule has 0 radical (unpaired) electrons. The predicted octanol–water partition coefficient (Wildman–Crippen LogP) is 4.61. The van der Waals surface area contributed by atoms with Crippen LogP contribution in [0, 0.1) is 0 Å². The molecule has 0 aromatic heterocycles. The standard InChI is InChI=1S/C26H27BrN2O6S2/c27-23-13-9-21(10-14-23)22-11-15-24(16-12-22)37(34,35)29-25(26(30)31)8-4-5-18-28-36(32,33)19-17-20-6-2-1-3-7-20/h1-3,6-7,9-17,19,25,28-29H,4-5,8,18H2,(H,30,31). The Kier molecular flexibility index (Phi) is 10.2. The van der Waals surface area contributed by atoms with E-state index in [0.29, 0.717) is 12.8 Å². The van der Waals surface area contributed by atoms with Gasteiger partial charge in [0, 0.05) is 16.4 Å². The van der Waals surface area contributed by atoms with Crippen LogP contribution >= 0.6 is 15.9 Å². The van der Waals surface area contributed by atoms with Gasteiger partial charge in [-0.3, -0.25) is 4.79 Å². The summed E-state index contributed by atoms with van der Waals surface area (Å²) in [5.41, 5.74) is 2.48. The number of sulfonamides is 2. The molecule has 0 aliphatic carbocycles. The zero-order valence-corrected chi connectivity index (χ0v) is 23.0. The van der Waals surface area contributed by atoms with Crippen molar-refractivity contribution in [2.45, 2.75) is 30.2 Å². The quantitative estimate of drug-likeness (QED) is 0.244. The molecule has 3 N–H and O–H groups in total. The monoisotopic (exact) mass is 606 g/mol. The van der Waals surface area contributed by atoms with Crippen molar-refractivity contribution in [2.24, 2.45) is 0 Å². The molecule has 8 nitrogen and oxygen atoms in total. The maximum atomic E-state index is 12.8. The van der Waals surface area contributed by atoms with Gasteiger partial charge in [0.05, 0.1) is 4.90 Å². The lowest BCUT2D eigenvalue weighted by Crippen LogP contribution is -2.40. The van der Waals surface area contributed by atoms with Crippen LogP contribution in [0.15, 0.2) is 93.6 Å². The summed E-state index contributed by atoms with van der Waals surface area (Å²) in [6.07, 6.45) is 2.12. The Bertz CT molecular complexity index is 1420. The van der Waals surface area contributed by atoms with Crippen molar-refractivity contribution in [1.29, 1.82) is 0 Å². The number of carboxylic acids is 1. The molecule has 0 aliphatic rings. The van der Waals surface area contributed by atoms with E-state index in [0.717, 1.165) is 26.6 Å². The molecule has 0 saturated carbocycles. The predicted molar refractivity (Wildman–Crippen MR) is 148 cm³/mol. The average molecular weight is 608 g/mol. The molecule has 3 aromatic carbocycles. The molecule has 196 valence electrons. The normalized spacial score (nSPS) is 13.0. The smallest absolute Gasteiger partial charge is 0.321 e. The SMILES string of the molecule is O=C(O)C(CCCCNS(=O)(=O)C=Cc1ccccc1)NS(=O)(=O)c1ccc(-c2ccc(Br)cc2)cc1. The third kappa shape index (κ3) is 9.20. The number of benzene rings is 3. The Balaban J connectivity index is 1.51. The van der Waals surface area contributed by atoms with Crippen molar-refractivity contribution in [2.75, 3.05) is 6.54 Å². The van der Waals surface area contributed by atoms with Gasteiger partial charge in [0.25, 0.3) is 0 Å². The molecular weight excluding hydrogens is 580 g/mol. The third-order valence-electron chi connectivity index (χ3n) is 5.40. The molecule has 0 spiro atoms. The minimum atomic E-state index is -4.07. The summed E-state index contributed by atoms with van der Waals surface area (Å²) < 4.78 is 55.3. The second-order valence-corrected chi connectivity index (χ2v) is 12.5. The van der Waals surface area contributed by atoms with Crippen molar-refractivity contribution in [3.8, 4) is 11.1 Å². The van der Waals surface area contributed by atoms with E-state index >= 15 is 0 Å². The van der Waals surface area contributed by atoms with Gasteiger partial charge in [0.1, 0.15) is 6.04 Å². The zero-order valence-electron chi connectivity index (χ0n) is 19.7. The van der Waals surface area contributed by atoms with Gasteiger partial charge in [-0.2, -0.15) is 4.72 Å². The number of carboxylic acid groups (broad SMARTS) is 1. The van der Waals surface area contributed by atoms with Gasteiger partial charge in [-0.1, -0.05) is 70.5 Å². The fraction of sp³-hybridized carbons (Fsp3) is 0.192. The van der Waals surface area contributed by atoms with Gasteiger partial charge in [-0.25, -0.2) is 21.6 Å². The maximum Gasteiger partial charge on any atom is 0.321 e. The van der Waals surface area contributed by atoms with Crippen molar-refractivity contribution in [3.63, 3.8) is 0 Å². The average Bonchev–Trinajstić information content (AvgIpc) is 2.87. The molecule has 0 aliphatic heterocycles. The van der Waals surface area contributed by atoms with Crippen LogP contribution in [0.3, 0.4) is 0 Å². The Morgan fingerprint density at radius 2 is 1.46 bits per heavy atom. The van der Waals surface area contributed by atoms with Crippen LogP contribution in [0.2, 0.25) is 0 Å². The van der Waals surface area contributed by atoms with Crippen LogP contribution in [0.1, 0.15) is 24.8 Å². The second kappa shape index (κ2) is 13.1. The minimum Gasteiger partial charge on any atom is -0.480 e. The summed E-state index contributed by atoms with van der Waals surface area (Å²) in [6, 6.07) is 21.4. The van der Waals surface area contributed by atoms with Crippen molar-refractivity contribution < 1.29 is 26.7 Å². The van der Waals surface area contributed by atoms with E-state index in [1.165, 1.54) is 18.2 Å². The zero-order chi connectivity index (χ0) is 26.9. The lowest BCUT2D eigenvalue weighted by molar-refractivity contribution is -0.139. The molecule has 0 amide bonds. The largest absolute Gasteiger partial charge is 0.480 e. The van der Waals surface area contributed by atoms with Crippen molar-refractivity contribution in [1.82, 2.24) is 9.44 Å². The fourth-order valence-electron chi connectivity index (χ4n) is 3.43. The Hall–Kier alpha value is -2.83. The first-order valence-corrected chi connectivity index (χ1v) is 15.2. The molecule has 37 heavy (non-hydrogen) atoms. The van der Waals surface area contributed by atoms with Gasteiger partial charge in [-0.15, -0.1) is 0 Å². The highest BCUT2D eigenvalue weighted by Crippen LogP contribution is 2.23. The molecule has 0 heterocycles. The van der Waals surface area contributed by atoms with Crippen LogP contribution in [-0.2, 0) is 24.8 Å². The van der Waals surface area contributed by atoms with E-state index in [1.54, 1.807) is 36.4 Å². The van der Waals surface area contributed by atoms with Crippen LogP contribution < -0.4 is 9.44 Å². The summed E-state index contributed by atoms with van der Waals surface area (Å²) >= 11 is 3.37. The van der Waals surface area contributed by atoms with Crippen LogP contribution in [0.4, 0.5) is 0 Å². The summed E-state index contributed by atoms with van der Waals surface area (Å²) in [5, 5.41) is 10.6. The fourth-order valence-corrected chi connectivity index (χ4v) is 5.77. The molecule has 1 unspecified atom stereocenters. The number of nitrogens with one attached hydrogen (secondary N) is 2. The Labute approximate surface area is 225 Å². The number of hydrogen-bond donors (Lipinski definition) is 3. The van der Waals surface area contributed by atoms with Crippen LogP contribution in [0.5, 0.6) is 0 Å². The van der Waals surface area contributed by atoms with Crippen molar-refractivity contribution in [3.05, 3.63) is 94.3 Å². The Morgan fingerprint density at radius 3 is 2.05 bits per heavy atom. The first-order valence-electron chi connectivity index (χ1n) is 11.4. The first-order chi connectivity index (χ1) is 17.6. The summed E-state index contributed by atoms with van der Waals surface area (Å²) in [7, 11) is -7.72. The molecular formula is C26H27BrN2O6S2. The lowest BCUT2D eigenvalue weighted by atomic mass is 10.1. The summed E-state index contributed by atoms with van der Waals surface area (Å²) in [4.78, 5) is 11.6. The van der Waals surface area contributed by atoms with E-state index in [2.05, 4.69) is 25.4 Å². The minimum absolute atomic E-state index is 0.00707. The highest BCUT2D eigenvalue weighted by atomic mass is 79.9. The van der Waals surface area contributed by atoms with Gasteiger partial charge in [0.2, 0.25) is 20.0 Å². The molecule has 0 fully saturated rings. The molecule has 3 aromatic rings. The van der Waals surface area contributed by atoms with E-state index in [1.807, 2.05) is 30.3 Å². The highest BCUT2D eigenvalue weighted by molar-refractivity contribution is 9.10. The maximum absolute atomic E-state index is 12.8. The van der Waals surface area contributed by atoms with E-state index in [-0.39, 0.29) is 17.9 Å². The first kappa shape index (κ1) is 28.7. The van der Waals surface area contributed by atoms with Crippen LogP contribution in [0.25, 0.3) is 17.2 Å². The Morgan fingerprint density at radius 1 is 0.865 bits per heavy atom. The molecule has 11 heteroatoms. The van der Waals surface area contributed by atoms with E-state index in [4.69, 9.17) is 0 Å². The van der Waals surface area contributed by atoms with Gasteiger partial charge in [0.15, 0.2) is 0 Å². The molecule has 0 saturated heterocycles. The lowest BCUT2D eigenvalue weighted by Gasteiger charge is -2.15. The number of hydrogen-bond acceptors (Lipinski definition) is 5. The van der Waals surface area contributed by atoms with E-state index < -0.39 is 32.1 Å². The molecule has 3 rings (SSSR count). The number of unbranched alkanes of at least 4 members (excludes halogenated alkanes) is 1. The number of aliphatic carboxylic acids is 1. The highest BCUT2D eigenvalue weighted by Gasteiger charge is 2.25.